The number of anilines is 1. The molecule has 7 nitrogen and oxygen atoms in total. The van der Waals surface area contributed by atoms with E-state index in [9.17, 15) is 14.4 Å². The summed E-state index contributed by atoms with van der Waals surface area (Å²) in [5.74, 6) is -0.392. The number of aryl methyl sites for hydroxylation is 1. The number of carbonyl (C=O) groups excluding carboxylic acids is 3. The number of rotatable bonds is 5. The molecule has 0 bridgehead atoms. The maximum absolute atomic E-state index is 12.4. The van der Waals surface area contributed by atoms with Gasteiger partial charge in [0.25, 0.3) is 11.8 Å². The van der Waals surface area contributed by atoms with Crippen LogP contribution in [0.15, 0.2) is 72.8 Å². The van der Waals surface area contributed by atoms with Gasteiger partial charge in [0.15, 0.2) is 6.61 Å². The zero-order valence-electron chi connectivity index (χ0n) is 16.7. The SMILES string of the molecule is O=C(COc1ccccc1-c1ccccc1)NNC(=O)c1ccc2c(c1)CCC(=O)N2. The summed E-state index contributed by atoms with van der Waals surface area (Å²) in [6.45, 7) is -0.250. The molecule has 0 radical (unpaired) electrons. The van der Waals surface area contributed by atoms with E-state index in [0.717, 1.165) is 16.7 Å². The first kappa shape index (κ1) is 20.2. The molecule has 0 spiro atoms. The first-order valence-corrected chi connectivity index (χ1v) is 9.89. The second kappa shape index (κ2) is 9.13. The third-order valence-corrected chi connectivity index (χ3v) is 4.91. The lowest BCUT2D eigenvalue weighted by molar-refractivity contribution is -0.123. The summed E-state index contributed by atoms with van der Waals surface area (Å²) in [6, 6.07) is 22.2. The highest BCUT2D eigenvalue weighted by atomic mass is 16.5. The third-order valence-electron chi connectivity index (χ3n) is 4.91. The topological polar surface area (TPSA) is 96.5 Å². The zero-order chi connectivity index (χ0) is 21.6. The monoisotopic (exact) mass is 415 g/mol. The Balaban J connectivity index is 1.32. The minimum atomic E-state index is -0.485. The normalized spacial score (nSPS) is 12.3. The molecule has 0 fully saturated rings. The Labute approximate surface area is 179 Å². The van der Waals surface area contributed by atoms with Crippen molar-refractivity contribution < 1.29 is 19.1 Å². The van der Waals surface area contributed by atoms with Crippen molar-refractivity contribution >= 4 is 23.4 Å². The maximum atomic E-state index is 12.4. The van der Waals surface area contributed by atoms with Crippen LogP contribution in [0, 0.1) is 0 Å². The van der Waals surface area contributed by atoms with Crippen LogP contribution in [-0.4, -0.2) is 24.3 Å². The van der Waals surface area contributed by atoms with Crippen molar-refractivity contribution in [2.24, 2.45) is 0 Å². The van der Waals surface area contributed by atoms with Crippen molar-refractivity contribution in [2.45, 2.75) is 12.8 Å². The molecule has 0 saturated heterocycles. The molecule has 0 atom stereocenters. The first-order chi connectivity index (χ1) is 15.1. The van der Waals surface area contributed by atoms with E-state index < -0.39 is 11.8 Å². The number of benzene rings is 3. The van der Waals surface area contributed by atoms with Crippen molar-refractivity contribution in [3.8, 4) is 16.9 Å². The quantitative estimate of drug-likeness (QED) is 0.558. The molecule has 3 amide bonds. The first-order valence-electron chi connectivity index (χ1n) is 9.89. The number of hydrogen-bond donors (Lipinski definition) is 3. The molecule has 4 rings (SSSR count). The van der Waals surface area contributed by atoms with E-state index in [2.05, 4.69) is 16.2 Å². The van der Waals surface area contributed by atoms with Crippen molar-refractivity contribution in [2.75, 3.05) is 11.9 Å². The van der Waals surface area contributed by atoms with E-state index in [1.807, 2.05) is 48.5 Å². The van der Waals surface area contributed by atoms with Crippen LogP contribution in [0.4, 0.5) is 5.69 Å². The van der Waals surface area contributed by atoms with Crippen LogP contribution in [0.3, 0.4) is 0 Å². The minimum Gasteiger partial charge on any atom is -0.483 e. The summed E-state index contributed by atoms with van der Waals surface area (Å²) in [5.41, 5.74) is 8.61. The van der Waals surface area contributed by atoms with E-state index in [1.54, 1.807) is 24.3 Å². The average Bonchev–Trinajstić information content (AvgIpc) is 2.81. The second-order valence-corrected chi connectivity index (χ2v) is 7.07. The summed E-state index contributed by atoms with van der Waals surface area (Å²) in [6.07, 6.45) is 0.958. The highest BCUT2D eigenvalue weighted by Gasteiger charge is 2.17. The van der Waals surface area contributed by atoms with Gasteiger partial charge in [0.05, 0.1) is 0 Å². The summed E-state index contributed by atoms with van der Waals surface area (Å²) >= 11 is 0. The van der Waals surface area contributed by atoms with Gasteiger partial charge in [-0.25, -0.2) is 0 Å². The molecule has 1 aliphatic rings. The van der Waals surface area contributed by atoms with Crippen molar-refractivity contribution in [1.82, 2.24) is 10.9 Å². The molecule has 3 aromatic carbocycles. The number of carbonyl (C=O) groups is 3. The fraction of sp³-hybridized carbons (Fsp3) is 0.125. The van der Waals surface area contributed by atoms with Gasteiger partial charge in [-0.3, -0.25) is 25.2 Å². The number of amides is 3. The van der Waals surface area contributed by atoms with Crippen LogP contribution in [0.1, 0.15) is 22.3 Å². The molecule has 156 valence electrons. The summed E-state index contributed by atoms with van der Waals surface area (Å²) < 4.78 is 5.67. The summed E-state index contributed by atoms with van der Waals surface area (Å²) in [5, 5.41) is 2.77. The van der Waals surface area contributed by atoms with Gasteiger partial charge in [-0.2, -0.15) is 0 Å². The Morgan fingerprint density at radius 1 is 0.903 bits per heavy atom. The number of hydrogen-bond acceptors (Lipinski definition) is 4. The van der Waals surface area contributed by atoms with Crippen LogP contribution < -0.4 is 20.9 Å². The molecule has 7 heteroatoms. The third kappa shape index (κ3) is 4.90. The van der Waals surface area contributed by atoms with Gasteiger partial charge in [-0.05, 0) is 41.8 Å². The molecule has 3 aromatic rings. The highest BCUT2D eigenvalue weighted by molar-refractivity contribution is 5.98. The zero-order valence-corrected chi connectivity index (χ0v) is 16.7. The van der Waals surface area contributed by atoms with Gasteiger partial charge in [0.1, 0.15) is 5.75 Å². The van der Waals surface area contributed by atoms with Crippen LogP contribution >= 0.6 is 0 Å². The lowest BCUT2D eigenvalue weighted by atomic mass is 10.0. The van der Waals surface area contributed by atoms with Crippen LogP contribution in [-0.2, 0) is 16.0 Å². The molecule has 0 aliphatic carbocycles. The van der Waals surface area contributed by atoms with E-state index in [-0.39, 0.29) is 12.5 Å². The number of ether oxygens (including phenoxy) is 1. The molecule has 31 heavy (non-hydrogen) atoms. The lowest BCUT2D eigenvalue weighted by Crippen LogP contribution is -2.43. The number of para-hydroxylation sites is 1. The summed E-state index contributed by atoms with van der Waals surface area (Å²) in [4.78, 5) is 36.0. The van der Waals surface area contributed by atoms with Crippen LogP contribution in [0.5, 0.6) is 5.75 Å². The Morgan fingerprint density at radius 3 is 2.52 bits per heavy atom. The van der Waals surface area contributed by atoms with Crippen molar-refractivity contribution in [3.63, 3.8) is 0 Å². The fourth-order valence-corrected chi connectivity index (χ4v) is 3.35. The van der Waals surface area contributed by atoms with Crippen LogP contribution in [0.25, 0.3) is 11.1 Å². The number of hydrazine groups is 1. The molecular formula is C24H21N3O4. The second-order valence-electron chi connectivity index (χ2n) is 7.07. The predicted molar refractivity (Wildman–Crippen MR) is 116 cm³/mol. The van der Waals surface area contributed by atoms with E-state index in [4.69, 9.17) is 4.74 Å². The van der Waals surface area contributed by atoms with Gasteiger partial charge >= 0.3 is 0 Å². The molecule has 0 saturated carbocycles. The molecular weight excluding hydrogens is 394 g/mol. The summed E-state index contributed by atoms with van der Waals surface area (Å²) in [7, 11) is 0. The Hall–Kier alpha value is -4.13. The maximum Gasteiger partial charge on any atom is 0.276 e. The van der Waals surface area contributed by atoms with Gasteiger partial charge in [0, 0.05) is 23.2 Å². The van der Waals surface area contributed by atoms with Crippen molar-refractivity contribution in [1.29, 1.82) is 0 Å². The van der Waals surface area contributed by atoms with Gasteiger partial charge in [-0.1, -0.05) is 48.5 Å². The Morgan fingerprint density at radius 2 is 1.68 bits per heavy atom. The van der Waals surface area contributed by atoms with Crippen LogP contribution in [0.2, 0.25) is 0 Å². The van der Waals surface area contributed by atoms with Crippen molar-refractivity contribution in [3.05, 3.63) is 83.9 Å². The molecule has 0 aromatic heterocycles. The molecule has 0 unspecified atom stereocenters. The van der Waals surface area contributed by atoms with Gasteiger partial charge in [0.2, 0.25) is 5.91 Å². The lowest BCUT2D eigenvalue weighted by Gasteiger charge is -2.17. The minimum absolute atomic E-state index is 0.0363. The largest absolute Gasteiger partial charge is 0.483 e. The number of fused-ring (bicyclic) bond motifs is 1. The average molecular weight is 415 g/mol. The van der Waals surface area contributed by atoms with E-state index >= 15 is 0 Å². The highest BCUT2D eigenvalue weighted by Crippen LogP contribution is 2.29. The Bertz CT molecular complexity index is 1130. The van der Waals surface area contributed by atoms with Gasteiger partial charge < -0.3 is 10.1 Å². The fourth-order valence-electron chi connectivity index (χ4n) is 3.35. The predicted octanol–water partition coefficient (Wildman–Crippen LogP) is 3.08. The molecule has 1 aliphatic heterocycles. The van der Waals surface area contributed by atoms with Gasteiger partial charge in [-0.15, -0.1) is 0 Å². The molecule has 1 heterocycles. The standard InChI is InChI=1S/C24H21N3O4/c28-22-13-11-17-14-18(10-12-20(17)25-22)24(30)27-26-23(29)15-31-21-9-5-4-8-19(21)16-6-2-1-3-7-16/h1-10,12,14H,11,13,15H2,(H,25,28)(H,26,29)(H,27,30). The Kier molecular flexibility index (Phi) is 5.93. The van der Waals surface area contributed by atoms with E-state index in [1.165, 1.54) is 0 Å². The molecule has 3 N–H and O–H groups in total. The van der Waals surface area contributed by atoms with E-state index in [0.29, 0.717) is 29.8 Å². The number of nitrogens with one attached hydrogen (secondary N) is 3. The smallest absolute Gasteiger partial charge is 0.276 e.